The summed E-state index contributed by atoms with van der Waals surface area (Å²) in [6.45, 7) is 4.53. The maximum Gasteiger partial charge on any atom is 0.267 e. The van der Waals surface area contributed by atoms with Gasteiger partial charge in [-0.3, -0.25) is 19.1 Å². The fourth-order valence-corrected chi connectivity index (χ4v) is 5.50. The van der Waals surface area contributed by atoms with Crippen molar-refractivity contribution in [1.29, 1.82) is 0 Å². The van der Waals surface area contributed by atoms with E-state index in [0.717, 1.165) is 11.3 Å². The molecule has 1 N–H and O–H groups in total. The summed E-state index contributed by atoms with van der Waals surface area (Å²) in [4.78, 5) is 49.5. The Bertz CT molecular complexity index is 1900. The Hall–Kier alpha value is -5.03. The molecule has 1 aliphatic rings. The Kier molecular flexibility index (Phi) is 7.41. The van der Waals surface area contributed by atoms with E-state index in [4.69, 9.17) is 21.3 Å². The number of halogens is 1. The SMILES string of the molecule is COc1ccc(CN2CN(C)C(=O)c3c(NC(C)c4nc5cccc(Cl)c5c(=O)n4-c4cccnc4)nc(C)nc32)cc1. The first kappa shape index (κ1) is 28.1. The lowest BCUT2D eigenvalue weighted by Crippen LogP contribution is -2.45. The van der Waals surface area contributed by atoms with Crippen LogP contribution in [-0.2, 0) is 6.54 Å². The molecule has 11 nitrogen and oxygen atoms in total. The highest BCUT2D eigenvalue weighted by Gasteiger charge is 2.33. The monoisotopic (exact) mass is 596 g/mol. The van der Waals surface area contributed by atoms with Gasteiger partial charge < -0.3 is 19.9 Å². The molecule has 0 fully saturated rings. The molecule has 4 heterocycles. The smallest absolute Gasteiger partial charge is 0.267 e. The van der Waals surface area contributed by atoms with Gasteiger partial charge in [-0.25, -0.2) is 15.0 Å². The Labute approximate surface area is 252 Å². The molecular weight excluding hydrogens is 568 g/mol. The minimum atomic E-state index is -0.565. The number of pyridine rings is 1. The van der Waals surface area contributed by atoms with Crippen molar-refractivity contribution in [3.05, 3.63) is 105 Å². The number of aromatic nitrogens is 5. The van der Waals surface area contributed by atoms with Crippen molar-refractivity contribution in [2.45, 2.75) is 26.4 Å². The second kappa shape index (κ2) is 11.3. The summed E-state index contributed by atoms with van der Waals surface area (Å²) in [6.07, 6.45) is 3.22. The molecule has 2 aromatic carbocycles. The Morgan fingerprint density at radius 1 is 1.05 bits per heavy atom. The topological polar surface area (TPSA) is 118 Å². The molecule has 5 aromatic rings. The number of carbonyl (C=O) groups excluding carboxylic acids is 1. The summed E-state index contributed by atoms with van der Waals surface area (Å²) < 4.78 is 6.78. The Balaban J connectivity index is 1.44. The summed E-state index contributed by atoms with van der Waals surface area (Å²) in [5, 5.41) is 4.00. The van der Waals surface area contributed by atoms with E-state index in [1.165, 1.54) is 4.57 Å². The number of rotatable bonds is 7. The first-order valence-electron chi connectivity index (χ1n) is 13.6. The first-order chi connectivity index (χ1) is 20.7. The average Bonchev–Trinajstić information content (AvgIpc) is 3.00. The number of nitrogens with zero attached hydrogens (tertiary/aromatic N) is 7. The summed E-state index contributed by atoms with van der Waals surface area (Å²) in [5.41, 5.74) is 2.05. The number of amides is 1. The zero-order valence-corrected chi connectivity index (χ0v) is 24.8. The molecule has 6 rings (SSSR count). The largest absolute Gasteiger partial charge is 0.497 e. The molecule has 1 amide bonds. The van der Waals surface area contributed by atoms with Crippen molar-refractivity contribution < 1.29 is 9.53 Å². The summed E-state index contributed by atoms with van der Waals surface area (Å²) >= 11 is 6.44. The number of hydrogen-bond acceptors (Lipinski definition) is 9. The standard InChI is InChI=1S/C31H29ClN8O3/c1-18(28-37-24-9-5-8-23(32)25(24)31(42)40(28)21-7-6-14-33-15-21)34-27-26-29(36-19(2)35-27)39(17-38(3)30(26)41)16-20-10-12-22(43-4)13-11-20/h5-15,18H,16-17H2,1-4H3,(H,34,35,36). The molecule has 0 spiro atoms. The van der Waals surface area contributed by atoms with Crippen molar-refractivity contribution >= 4 is 40.0 Å². The van der Waals surface area contributed by atoms with E-state index in [-0.39, 0.29) is 11.5 Å². The Morgan fingerprint density at radius 2 is 1.84 bits per heavy atom. The number of carbonyl (C=O) groups is 1. The van der Waals surface area contributed by atoms with Crippen molar-refractivity contribution in [3.8, 4) is 11.4 Å². The van der Waals surface area contributed by atoms with Crippen LogP contribution in [0.2, 0.25) is 5.02 Å². The molecule has 1 unspecified atom stereocenters. The second-order valence-corrected chi connectivity index (χ2v) is 10.7. The van der Waals surface area contributed by atoms with E-state index in [9.17, 15) is 9.59 Å². The number of fused-ring (bicyclic) bond motifs is 2. The Morgan fingerprint density at radius 3 is 2.56 bits per heavy atom. The van der Waals surface area contributed by atoms with E-state index < -0.39 is 6.04 Å². The van der Waals surface area contributed by atoms with E-state index in [1.54, 1.807) is 68.7 Å². The van der Waals surface area contributed by atoms with Gasteiger partial charge in [0.25, 0.3) is 11.5 Å². The number of aryl methyl sites for hydroxylation is 1. The van der Waals surface area contributed by atoms with Crippen LogP contribution in [-0.4, -0.2) is 56.1 Å². The lowest BCUT2D eigenvalue weighted by atomic mass is 10.1. The molecule has 218 valence electrons. The van der Waals surface area contributed by atoms with Gasteiger partial charge in [0.1, 0.15) is 34.6 Å². The third-order valence-electron chi connectivity index (χ3n) is 7.29. The number of hydrogen-bond donors (Lipinski definition) is 1. The van der Waals surface area contributed by atoms with Crippen molar-refractivity contribution in [2.24, 2.45) is 0 Å². The highest BCUT2D eigenvalue weighted by molar-refractivity contribution is 6.35. The highest BCUT2D eigenvalue weighted by Crippen LogP contribution is 2.33. The number of nitrogens with one attached hydrogen (secondary N) is 1. The van der Waals surface area contributed by atoms with Gasteiger partial charge in [0, 0.05) is 19.8 Å². The van der Waals surface area contributed by atoms with Gasteiger partial charge in [-0.2, -0.15) is 0 Å². The number of methoxy groups -OCH3 is 1. The molecule has 3 aromatic heterocycles. The fourth-order valence-electron chi connectivity index (χ4n) is 5.24. The van der Waals surface area contributed by atoms with Crippen molar-refractivity contribution in [3.63, 3.8) is 0 Å². The quantitative estimate of drug-likeness (QED) is 0.283. The molecule has 0 bridgehead atoms. The second-order valence-electron chi connectivity index (χ2n) is 10.3. The third kappa shape index (κ3) is 5.23. The molecule has 0 radical (unpaired) electrons. The molecule has 0 aliphatic carbocycles. The van der Waals surface area contributed by atoms with Gasteiger partial charge in [0.05, 0.1) is 47.6 Å². The van der Waals surface area contributed by atoms with E-state index in [0.29, 0.717) is 63.7 Å². The zero-order chi connectivity index (χ0) is 30.2. The number of anilines is 2. The van der Waals surface area contributed by atoms with Crippen LogP contribution in [0.25, 0.3) is 16.6 Å². The van der Waals surface area contributed by atoms with Gasteiger partial charge in [0.15, 0.2) is 0 Å². The zero-order valence-electron chi connectivity index (χ0n) is 24.1. The summed E-state index contributed by atoms with van der Waals surface area (Å²) in [7, 11) is 3.37. The van der Waals surface area contributed by atoms with E-state index >= 15 is 0 Å². The molecule has 43 heavy (non-hydrogen) atoms. The predicted molar refractivity (Wildman–Crippen MR) is 165 cm³/mol. The number of benzene rings is 2. The van der Waals surface area contributed by atoms with Crippen LogP contribution in [0.15, 0.2) is 71.8 Å². The average molecular weight is 597 g/mol. The minimum Gasteiger partial charge on any atom is -0.497 e. The van der Waals surface area contributed by atoms with Crippen LogP contribution in [0.4, 0.5) is 11.6 Å². The van der Waals surface area contributed by atoms with Crippen LogP contribution in [0.5, 0.6) is 5.75 Å². The highest BCUT2D eigenvalue weighted by atomic mass is 35.5. The maximum atomic E-state index is 13.8. The molecule has 0 saturated heterocycles. The molecule has 1 atom stereocenters. The van der Waals surface area contributed by atoms with Gasteiger partial charge in [-0.05, 0) is 55.8 Å². The van der Waals surface area contributed by atoms with E-state index in [2.05, 4.69) is 20.3 Å². The molecule has 0 saturated carbocycles. The predicted octanol–water partition coefficient (Wildman–Crippen LogP) is 4.76. The van der Waals surface area contributed by atoms with Crippen molar-refractivity contribution in [1.82, 2.24) is 29.4 Å². The van der Waals surface area contributed by atoms with Crippen molar-refractivity contribution in [2.75, 3.05) is 31.0 Å². The van der Waals surface area contributed by atoms with Crippen LogP contribution >= 0.6 is 11.6 Å². The normalized spacial score (nSPS) is 13.7. The van der Waals surface area contributed by atoms with E-state index in [1.807, 2.05) is 36.1 Å². The first-order valence-corrected chi connectivity index (χ1v) is 14.0. The van der Waals surface area contributed by atoms with Crippen LogP contribution in [0.1, 0.15) is 40.5 Å². The summed E-state index contributed by atoms with van der Waals surface area (Å²) in [5.74, 6) is 2.34. The minimum absolute atomic E-state index is 0.210. The summed E-state index contributed by atoms with van der Waals surface area (Å²) in [6, 6.07) is 15.9. The van der Waals surface area contributed by atoms with Gasteiger partial charge >= 0.3 is 0 Å². The lowest BCUT2D eigenvalue weighted by molar-refractivity contribution is 0.0781. The molecule has 12 heteroatoms. The molecular formula is C31H29ClN8O3. The van der Waals surface area contributed by atoms with Gasteiger partial charge in [-0.15, -0.1) is 0 Å². The van der Waals surface area contributed by atoms with Crippen LogP contribution < -0.4 is 20.5 Å². The van der Waals surface area contributed by atoms with Gasteiger partial charge in [0.2, 0.25) is 0 Å². The number of ether oxygens (including phenoxy) is 1. The van der Waals surface area contributed by atoms with Crippen LogP contribution in [0.3, 0.4) is 0 Å². The fraction of sp³-hybridized carbons (Fsp3) is 0.226. The lowest BCUT2D eigenvalue weighted by Gasteiger charge is -2.36. The van der Waals surface area contributed by atoms with Gasteiger partial charge in [-0.1, -0.05) is 29.8 Å². The van der Waals surface area contributed by atoms with Crippen LogP contribution in [0, 0.1) is 6.92 Å². The third-order valence-corrected chi connectivity index (χ3v) is 7.61. The maximum absolute atomic E-state index is 13.8. The molecule has 1 aliphatic heterocycles.